The van der Waals surface area contributed by atoms with E-state index in [4.69, 9.17) is 4.74 Å². The van der Waals surface area contributed by atoms with Crippen molar-refractivity contribution in [3.8, 4) is 0 Å². The second kappa shape index (κ2) is 5.45. The molecule has 1 saturated heterocycles. The number of nitrogens with zero attached hydrogens (tertiary/aromatic N) is 2. The summed E-state index contributed by atoms with van der Waals surface area (Å²) in [5.41, 5.74) is 0.108. The van der Waals surface area contributed by atoms with E-state index in [1.54, 1.807) is 0 Å². The lowest BCUT2D eigenvalue weighted by atomic mass is 10.3. The first-order valence-corrected chi connectivity index (χ1v) is 6.38. The van der Waals surface area contributed by atoms with Gasteiger partial charge in [0.25, 0.3) is 0 Å². The Labute approximate surface area is 109 Å². The fourth-order valence-electron chi connectivity index (χ4n) is 1.67. The second-order valence-electron chi connectivity index (χ2n) is 3.82. The summed E-state index contributed by atoms with van der Waals surface area (Å²) in [7, 11) is 1.28. The van der Waals surface area contributed by atoms with Crippen LogP contribution in [0.4, 0.5) is 5.13 Å². The van der Waals surface area contributed by atoms with Gasteiger partial charge in [0.2, 0.25) is 0 Å². The first-order valence-electron chi connectivity index (χ1n) is 5.56. The third kappa shape index (κ3) is 2.51. The van der Waals surface area contributed by atoms with E-state index in [9.17, 15) is 9.59 Å². The first-order chi connectivity index (χ1) is 8.63. The molecule has 0 spiro atoms. The summed E-state index contributed by atoms with van der Waals surface area (Å²) in [6.07, 6.45) is 0. The summed E-state index contributed by atoms with van der Waals surface area (Å²) in [4.78, 5) is 29.6. The molecule has 2 heterocycles. The molecule has 6 nitrogen and oxygen atoms in total. The van der Waals surface area contributed by atoms with Crippen molar-refractivity contribution in [1.82, 2.24) is 4.98 Å². The maximum atomic E-state index is 11.6. The number of hydrogen-bond acceptors (Lipinski definition) is 7. The highest BCUT2D eigenvalue weighted by atomic mass is 32.1. The molecule has 0 saturated carbocycles. The maximum Gasteiger partial charge on any atom is 0.358 e. The van der Waals surface area contributed by atoms with E-state index in [0.29, 0.717) is 36.3 Å². The molecular formula is C11H14N2O4S. The van der Waals surface area contributed by atoms with Gasteiger partial charge in [0.1, 0.15) is 4.88 Å². The minimum Gasteiger partial charge on any atom is -0.464 e. The summed E-state index contributed by atoms with van der Waals surface area (Å²) in [5, 5.41) is 0.670. The van der Waals surface area contributed by atoms with Gasteiger partial charge in [0.05, 0.1) is 20.3 Å². The van der Waals surface area contributed by atoms with Crippen LogP contribution < -0.4 is 4.90 Å². The van der Waals surface area contributed by atoms with Crippen molar-refractivity contribution in [1.29, 1.82) is 0 Å². The van der Waals surface area contributed by atoms with Crippen LogP contribution in [0.2, 0.25) is 0 Å². The van der Waals surface area contributed by atoms with Crippen LogP contribution in [-0.2, 0) is 9.47 Å². The molecule has 0 aromatic carbocycles. The van der Waals surface area contributed by atoms with Crippen LogP contribution in [-0.4, -0.2) is 50.1 Å². The monoisotopic (exact) mass is 270 g/mol. The van der Waals surface area contributed by atoms with Crippen LogP contribution in [0.15, 0.2) is 0 Å². The normalized spacial score (nSPS) is 15.6. The standard InChI is InChI=1S/C11H14N2O4S/c1-7(14)9-8(10(15)16-2)12-11(18-9)13-3-5-17-6-4-13/h3-6H2,1-2H3. The van der Waals surface area contributed by atoms with Crippen molar-refractivity contribution < 1.29 is 19.1 Å². The minimum absolute atomic E-state index is 0.108. The summed E-state index contributed by atoms with van der Waals surface area (Å²) < 4.78 is 9.89. The summed E-state index contributed by atoms with van der Waals surface area (Å²) in [6.45, 7) is 4.10. The number of anilines is 1. The highest BCUT2D eigenvalue weighted by Crippen LogP contribution is 2.27. The van der Waals surface area contributed by atoms with Crippen LogP contribution in [0, 0.1) is 0 Å². The zero-order valence-corrected chi connectivity index (χ0v) is 11.1. The van der Waals surface area contributed by atoms with E-state index in [1.165, 1.54) is 25.4 Å². The molecule has 0 bridgehead atoms. The molecule has 1 fully saturated rings. The molecule has 1 aromatic heterocycles. The number of carbonyl (C=O) groups is 2. The van der Waals surface area contributed by atoms with Crippen LogP contribution in [0.25, 0.3) is 0 Å². The lowest BCUT2D eigenvalue weighted by molar-refractivity contribution is 0.0591. The minimum atomic E-state index is -0.573. The zero-order valence-electron chi connectivity index (χ0n) is 10.3. The number of ketones is 1. The molecule has 18 heavy (non-hydrogen) atoms. The summed E-state index contributed by atoms with van der Waals surface area (Å²) in [6, 6.07) is 0. The molecular weight excluding hydrogens is 256 g/mol. The van der Waals surface area contributed by atoms with Crippen LogP contribution in [0.3, 0.4) is 0 Å². The third-order valence-corrected chi connectivity index (χ3v) is 3.81. The first kappa shape index (κ1) is 13.0. The largest absolute Gasteiger partial charge is 0.464 e. The van der Waals surface area contributed by atoms with Gasteiger partial charge in [-0.05, 0) is 0 Å². The van der Waals surface area contributed by atoms with E-state index in [1.807, 2.05) is 4.90 Å². The number of aromatic nitrogens is 1. The van der Waals surface area contributed by atoms with Crippen molar-refractivity contribution in [3.63, 3.8) is 0 Å². The van der Waals surface area contributed by atoms with E-state index in [2.05, 4.69) is 9.72 Å². The van der Waals surface area contributed by atoms with E-state index in [0.717, 1.165) is 0 Å². The highest BCUT2D eigenvalue weighted by Gasteiger charge is 2.24. The summed E-state index contributed by atoms with van der Waals surface area (Å²) >= 11 is 1.23. The number of rotatable bonds is 3. The lowest BCUT2D eigenvalue weighted by Gasteiger charge is -2.25. The Morgan fingerprint density at radius 1 is 1.39 bits per heavy atom. The molecule has 1 aliphatic heterocycles. The molecule has 0 N–H and O–H groups in total. The molecule has 0 atom stereocenters. The van der Waals surface area contributed by atoms with Crippen molar-refractivity contribution in [2.75, 3.05) is 38.3 Å². The predicted octanol–water partition coefficient (Wildman–Crippen LogP) is 0.969. The van der Waals surface area contributed by atoms with Gasteiger partial charge in [0.15, 0.2) is 16.6 Å². The van der Waals surface area contributed by atoms with Crippen molar-refractivity contribution in [3.05, 3.63) is 10.6 Å². The van der Waals surface area contributed by atoms with E-state index in [-0.39, 0.29) is 11.5 Å². The fourth-order valence-corrected chi connectivity index (χ4v) is 2.67. The molecule has 1 aliphatic rings. The fraction of sp³-hybridized carbons (Fsp3) is 0.545. The van der Waals surface area contributed by atoms with Gasteiger partial charge < -0.3 is 14.4 Å². The van der Waals surface area contributed by atoms with Gasteiger partial charge in [-0.15, -0.1) is 0 Å². The smallest absolute Gasteiger partial charge is 0.358 e. The summed E-state index contributed by atoms with van der Waals surface area (Å²) in [5.74, 6) is -0.747. The molecule has 0 aliphatic carbocycles. The topological polar surface area (TPSA) is 68.7 Å². The Morgan fingerprint density at radius 2 is 2.06 bits per heavy atom. The number of hydrogen-bond donors (Lipinski definition) is 0. The Kier molecular flexibility index (Phi) is 3.93. The zero-order chi connectivity index (χ0) is 13.1. The highest BCUT2D eigenvalue weighted by molar-refractivity contribution is 7.17. The van der Waals surface area contributed by atoms with Crippen LogP contribution >= 0.6 is 11.3 Å². The lowest BCUT2D eigenvalue weighted by Crippen LogP contribution is -2.36. The molecule has 0 unspecified atom stereocenters. The Bertz CT molecular complexity index is 466. The average molecular weight is 270 g/mol. The second-order valence-corrected chi connectivity index (χ2v) is 4.80. The number of Topliss-reactive ketones (excluding diaryl/α,β-unsaturated/α-hetero) is 1. The van der Waals surface area contributed by atoms with E-state index >= 15 is 0 Å². The molecule has 0 radical (unpaired) electrons. The average Bonchev–Trinajstić information content (AvgIpc) is 2.84. The van der Waals surface area contributed by atoms with E-state index < -0.39 is 5.97 Å². The quantitative estimate of drug-likeness (QED) is 0.602. The number of esters is 1. The van der Waals surface area contributed by atoms with Crippen LogP contribution in [0.1, 0.15) is 27.1 Å². The number of ether oxygens (including phenoxy) is 2. The van der Waals surface area contributed by atoms with Gasteiger partial charge in [-0.2, -0.15) is 0 Å². The van der Waals surface area contributed by atoms with Gasteiger partial charge in [-0.1, -0.05) is 11.3 Å². The molecule has 7 heteroatoms. The van der Waals surface area contributed by atoms with Gasteiger partial charge >= 0.3 is 5.97 Å². The number of carbonyl (C=O) groups excluding carboxylic acids is 2. The number of morpholine rings is 1. The Morgan fingerprint density at radius 3 is 2.61 bits per heavy atom. The molecule has 1 aromatic rings. The van der Waals surface area contributed by atoms with Gasteiger partial charge in [0, 0.05) is 20.0 Å². The molecule has 2 rings (SSSR count). The van der Waals surface area contributed by atoms with Crippen molar-refractivity contribution >= 4 is 28.2 Å². The van der Waals surface area contributed by atoms with Crippen molar-refractivity contribution in [2.24, 2.45) is 0 Å². The molecule has 98 valence electrons. The number of methoxy groups -OCH3 is 1. The third-order valence-electron chi connectivity index (χ3n) is 2.60. The van der Waals surface area contributed by atoms with Crippen molar-refractivity contribution in [2.45, 2.75) is 6.92 Å². The predicted molar refractivity (Wildman–Crippen MR) is 66.5 cm³/mol. The number of thiazole rings is 1. The van der Waals surface area contributed by atoms with Gasteiger partial charge in [-0.3, -0.25) is 4.79 Å². The SMILES string of the molecule is COC(=O)c1nc(N2CCOCC2)sc1C(C)=O. The van der Waals surface area contributed by atoms with Gasteiger partial charge in [-0.25, -0.2) is 9.78 Å². The Balaban J connectivity index is 2.32. The Hall–Kier alpha value is -1.47. The molecule has 0 amide bonds. The maximum absolute atomic E-state index is 11.6. The van der Waals surface area contributed by atoms with Crippen LogP contribution in [0.5, 0.6) is 0 Å².